The van der Waals surface area contributed by atoms with Crippen molar-refractivity contribution < 1.29 is 9.72 Å². The number of piperidine rings is 1. The summed E-state index contributed by atoms with van der Waals surface area (Å²) in [6.45, 7) is 3.24. The lowest BCUT2D eigenvalue weighted by Gasteiger charge is -2.41. The molecular formula is C21H22ClN3O3. The monoisotopic (exact) mass is 399 g/mol. The van der Waals surface area contributed by atoms with Crippen LogP contribution in [0.15, 0.2) is 42.5 Å². The van der Waals surface area contributed by atoms with Crippen LogP contribution in [-0.4, -0.2) is 46.3 Å². The van der Waals surface area contributed by atoms with Gasteiger partial charge < -0.3 is 4.90 Å². The van der Waals surface area contributed by atoms with Gasteiger partial charge in [0, 0.05) is 43.9 Å². The lowest BCUT2D eigenvalue weighted by Crippen LogP contribution is -2.51. The Morgan fingerprint density at radius 1 is 1.14 bits per heavy atom. The zero-order valence-electron chi connectivity index (χ0n) is 15.5. The van der Waals surface area contributed by atoms with Crippen LogP contribution >= 0.6 is 11.6 Å². The van der Waals surface area contributed by atoms with Gasteiger partial charge in [-0.25, -0.2) is 0 Å². The first-order chi connectivity index (χ1) is 13.5. The molecule has 2 aliphatic rings. The summed E-state index contributed by atoms with van der Waals surface area (Å²) in [5, 5.41) is 11.2. The molecule has 1 amide bonds. The van der Waals surface area contributed by atoms with Gasteiger partial charge in [-0.3, -0.25) is 19.8 Å². The van der Waals surface area contributed by atoms with E-state index in [9.17, 15) is 14.9 Å². The van der Waals surface area contributed by atoms with Gasteiger partial charge in [-0.2, -0.15) is 0 Å². The van der Waals surface area contributed by atoms with E-state index in [-0.39, 0.29) is 16.6 Å². The summed E-state index contributed by atoms with van der Waals surface area (Å²) >= 11 is 5.87. The van der Waals surface area contributed by atoms with Gasteiger partial charge in [-0.15, -0.1) is 0 Å². The van der Waals surface area contributed by atoms with Crippen molar-refractivity contribution in [1.82, 2.24) is 9.80 Å². The molecule has 7 heteroatoms. The number of hydrogen-bond donors (Lipinski definition) is 0. The molecule has 0 saturated carbocycles. The standard InChI is InChI=1S/C21H22ClN3O3/c22-19-8-7-16(12-20(19)25(27)28)21(26)24-10-3-6-18(14-24)23-11-9-15-4-1-2-5-17(15)13-23/h1-2,4-5,7-8,12,18H,3,6,9-11,13-14H2/t18-/m1/s1. The minimum Gasteiger partial charge on any atom is -0.337 e. The topological polar surface area (TPSA) is 66.7 Å². The van der Waals surface area contributed by atoms with Crippen LogP contribution in [0.4, 0.5) is 5.69 Å². The van der Waals surface area contributed by atoms with E-state index in [2.05, 4.69) is 29.2 Å². The molecule has 0 bridgehead atoms. The average Bonchev–Trinajstić information content (AvgIpc) is 2.73. The summed E-state index contributed by atoms with van der Waals surface area (Å²) in [5.74, 6) is -0.165. The van der Waals surface area contributed by atoms with E-state index in [1.165, 1.54) is 23.3 Å². The van der Waals surface area contributed by atoms with Crippen LogP contribution in [0.5, 0.6) is 0 Å². The summed E-state index contributed by atoms with van der Waals surface area (Å²) in [7, 11) is 0. The van der Waals surface area contributed by atoms with Gasteiger partial charge in [-0.1, -0.05) is 35.9 Å². The number of nitrogens with zero attached hydrogens (tertiary/aromatic N) is 3. The minimum absolute atomic E-state index is 0.0463. The number of likely N-dealkylation sites (tertiary alicyclic amines) is 1. The molecule has 2 heterocycles. The van der Waals surface area contributed by atoms with Gasteiger partial charge >= 0.3 is 0 Å². The van der Waals surface area contributed by atoms with Crippen molar-refractivity contribution in [1.29, 1.82) is 0 Å². The minimum atomic E-state index is -0.552. The average molecular weight is 400 g/mol. The van der Waals surface area contributed by atoms with Crippen molar-refractivity contribution in [2.75, 3.05) is 19.6 Å². The van der Waals surface area contributed by atoms with Crippen molar-refractivity contribution in [2.24, 2.45) is 0 Å². The second-order valence-electron chi connectivity index (χ2n) is 7.46. The summed E-state index contributed by atoms with van der Waals surface area (Å²) in [5.41, 5.74) is 2.87. The first kappa shape index (κ1) is 18.9. The first-order valence-electron chi connectivity index (χ1n) is 9.57. The molecule has 0 aromatic heterocycles. The molecule has 0 aliphatic carbocycles. The summed E-state index contributed by atoms with van der Waals surface area (Å²) in [6.07, 6.45) is 3.03. The zero-order chi connectivity index (χ0) is 19.7. The van der Waals surface area contributed by atoms with Crippen molar-refractivity contribution >= 4 is 23.2 Å². The number of fused-ring (bicyclic) bond motifs is 1. The molecule has 0 spiro atoms. The van der Waals surface area contributed by atoms with Crippen molar-refractivity contribution in [3.63, 3.8) is 0 Å². The van der Waals surface area contributed by atoms with Gasteiger partial charge in [0.05, 0.1) is 4.92 Å². The molecule has 2 aromatic rings. The highest BCUT2D eigenvalue weighted by molar-refractivity contribution is 6.32. The molecule has 1 fully saturated rings. The molecule has 4 rings (SSSR count). The normalized spacial score (nSPS) is 19.9. The predicted molar refractivity (Wildman–Crippen MR) is 108 cm³/mol. The van der Waals surface area contributed by atoms with Crippen LogP contribution in [0.3, 0.4) is 0 Å². The number of benzene rings is 2. The Balaban J connectivity index is 1.48. The summed E-state index contributed by atoms with van der Waals surface area (Å²) < 4.78 is 0. The maximum Gasteiger partial charge on any atom is 0.288 e. The number of halogens is 1. The summed E-state index contributed by atoms with van der Waals surface area (Å²) in [6, 6.07) is 13.1. The number of hydrogen-bond acceptors (Lipinski definition) is 4. The van der Waals surface area contributed by atoms with E-state index in [1.807, 2.05) is 4.90 Å². The number of amides is 1. The Bertz CT molecular complexity index is 918. The fourth-order valence-corrected chi connectivity index (χ4v) is 4.42. The highest BCUT2D eigenvalue weighted by Gasteiger charge is 2.30. The van der Waals surface area contributed by atoms with E-state index >= 15 is 0 Å². The fraction of sp³-hybridized carbons (Fsp3) is 0.381. The van der Waals surface area contributed by atoms with Crippen LogP contribution in [0.25, 0.3) is 0 Å². The summed E-state index contributed by atoms with van der Waals surface area (Å²) in [4.78, 5) is 27.8. The Labute approximate surface area is 168 Å². The number of nitro benzene ring substituents is 1. The Morgan fingerprint density at radius 3 is 2.71 bits per heavy atom. The molecule has 0 radical (unpaired) electrons. The second-order valence-corrected chi connectivity index (χ2v) is 7.87. The molecule has 1 atom stereocenters. The van der Waals surface area contributed by atoms with E-state index in [4.69, 9.17) is 11.6 Å². The lowest BCUT2D eigenvalue weighted by atomic mass is 9.95. The molecule has 1 saturated heterocycles. The van der Waals surface area contributed by atoms with Crippen LogP contribution in [0.2, 0.25) is 5.02 Å². The third-order valence-electron chi connectivity index (χ3n) is 5.75. The molecule has 28 heavy (non-hydrogen) atoms. The Kier molecular flexibility index (Phi) is 5.33. The number of rotatable bonds is 3. The maximum atomic E-state index is 13.0. The molecular weight excluding hydrogens is 378 g/mol. The number of carbonyl (C=O) groups is 1. The number of carbonyl (C=O) groups excluding carboxylic acids is 1. The molecule has 2 aliphatic heterocycles. The van der Waals surface area contributed by atoms with Crippen LogP contribution < -0.4 is 0 Å². The largest absolute Gasteiger partial charge is 0.337 e. The second kappa shape index (κ2) is 7.89. The molecule has 0 unspecified atom stereocenters. The highest BCUT2D eigenvalue weighted by Crippen LogP contribution is 2.28. The molecule has 0 N–H and O–H groups in total. The van der Waals surface area contributed by atoms with Crippen LogP contribution in [0, 0.1) is 10.1 Å². The Hall–Kier alpha value is -2.44. The van der Waals surface area contributed by atoms with Gasteiger partial charge in [0.1, 0.15) is 5.02 Å². The van der Waals surface area contributed by atoms with Crippen molar-refractivity contribution in [3.05, 3.63) is 74.3 Å². The predicted octanol–water partition coefficient (Wildman–Crippen LogP) is 3.91. The van der Waals surface area contributed by atoms with Crippen molar-refractivity contribution in [3.8, 4) is 0 Å². The van der Waals surface area contributed by atoms with E-state index in [0.29, 0.717) is 24.7 Å². The van der Waals surface area contributed by atoms with Gasteiger partial charge in [0.2, 0.25) is 0 Å². The highest BCUT2D eigenvalue weighted by atomic mass is 35.5. The smallest absolute Gasteiger partial charge is 0.288 e. The van der Waals surface area contributed by atoms with E-state index in [1.54, 1.807) is 6.07 Å². The van der Waals surface area contributed by atoms with Crippen molar-refractivity contribution in [2.45, 2.75) is 31.8 Å². The zero-order valence-corrected chi connectivity index (χ0v) is 16.3. The SMILES string of the molecule is O=C(c1ccc(Cl)c([N+](=O)[O-])c1)N1CCC[C@@H](N2CCc3ccccc3C2)C1. The van der Waals surface area contributed by atoms with Gasteiger partial charge in [-0.05, 0) is 42.5 Å². The molecule has 146 valence electrons. The van der Waals surface area contributed by atoms with E-state index < -0.39 is 4.92 Å². The van der Waals surface area contributed by atoms with Crippen LogP contribution in [-0.2, 0) is 13.0 Å². The van der Waals surface area contributed by atoms with E-state index in [0.717, 1.165) is 32.4 Å². The van der Waals surface area contributed by atoms with Crippen LogP contribution in [0.1, 0.15) is 34.3 Å². The molecule has 2 aromatic carbocycles. The lowest BCUT2D eigenvalue weighted by molar-refractivity contribution is -0.384. The Morgan fingerprint density at radius 2 is 1.93 bits per heavy atom. The van der Waals surface area contributed by atoms with Gasteiger partial charge in [0.25, 0.3) is 11.6 Å². The van der Waals surface area contributed by atoms with Gasteiger partial charge in [0.15, 0.2) is 0 Å². The third kappa shape index (κ3) is 3.75. The third-order valence-corrected chi connectivity index (χ3v) is 6.07. The first-order valence-corrected chi connectivity index (χ1v) is 9.95. The maximum absolute atomic E-state index is 13.0. The fourth-order valence-electron chi connectivity index (χ4n) is 4.23. The molecule has 6 nitrogen and oxygen atoms in total. The number of nitro groups is 1. The quantitative estimate of drug-likeness (QED) is 0.579.